The van der Waals surface area contributed by atoms with Gasteiger partial charge in [-0.1, -0.05) is 5.56 Å². The molecule has 0 saturated heterocycles. The van der Waals surface area contributed by atoms with E-state index in [1.807, 2.05) is 0 Å². The van der Waals surface area contributed by atoms with E-state index in [0.717, 1.165) is 12.1 Å². The minimum atomic E-state index is -4.32. The van der Waals surface area contributed by atoms with Gasteiger partial charge in [-0.05, 0) is 11.8 Å². The summed E-state index contributed by atoms with van der Waals surface area (Å²) in [5.74, 6) is 0. The summed E-state index contributed by atoms with van der Waals surface area (Å²) < 4.78 is 38.1. The molecule has 2 nitrogen and oxygen atoms in total. The molecule has 1 heterocycles. The third-order valence-corrected chi connectivity index (χ3v) is 1.87. The van der Waals surface area contributed by atoms with Gasteiger partial charge in [0.15, 0.2) is 0 Å². The van der Waals surface area contributed by atoms with Crippen molar-refractivity contribution in [2.45, 2.75) is 6.18 Å². The molecule has 1 aromatic carbocycles. The number of benzene rings is 1. The first-order valence-electron chi connectivity index (χ1n) is 4.16. The van der Waals surface area contributed by atoms with E-state index in [-0.39, 0.29) is 20.1 Å². The Morgan fingerprint density at radius 3 is 2.44 bits per heavy atom. The van der Waals surface area contributed by atoms with Crippen molar-refractivity contribution >= 4 is 0 Å². The Balaban J connectivity index is 0.00000128. The van der Waals surface area contributed by atoms with Crippen LogP contribution in [0.3, 0.4) is 0 Å². The van der Waals surface area contributed by atoms with Gasteiger partial charge in [-0.15, -0.1) is 6.07 Å². The van der Waals surface area contributed by atoms with Gasteiger partial charge in [0.2, 0.25) is 0 Å². The van der Waals surface area contributed by atoms with Crippen LogP contribution in [0.5, 0.6) is 0 Å². The smallest absolute Gasteiger partial charge is 0.266 e. The topological polar surface area (TPSA) is 17.8 Å². The molecule has 1 radical (unpaired) electrons. The Hall–Kier alpha value is -1.13. The van der Waals surface area contributed by atoms with Gasteiger partial charge in [-0.2, -0.15) is 36.5 Å². The number of hydrogen-bond donors (Lipinski definition) is 0. The number of aromatic nitrogens is 2. The minimum Gasteiger partial charge on any atom is -0.266 e. The predicted molar refractivity (Wildman–Crippen MR) is 47.4 cm³/mol. The third kappa shape index (κ3) is 2.71. The second kappa shape index (κ2) is 4.80. The van der Waals surface area contributed by atoms with Crippen molar-refractivity contribution in [1.82, 2.24) is 9.78 Å². The summed E-state index contributed by atoms with van der Waals surface area (Å²) in [4.78, 5) is 0. The van der Waals surface area contributed by atoms with E-state index in [1.165, 1.54) is 10.7 Å². The molecule has 0 unspecified atom stereocenters. The van der Waals surface area contributed by atoms with Crippen LogP contribution in [-0.2, 0) is 26.3 Å². The second-order valence-electron chi connectivity index (χ2n) is 2.91. The van der Waals surface area contributed by atoms with Crippen LogP contribution in [0.15, 0.2) is 36.7 Å². The third-order valence-electron chi connectivity index (χ3n) is 1.87. The number of alkyl halides is 3. The van der Waals surface area contributed by atoms with Crippen molar-refractivity contribution in [2.75, 3.05) is 0 Å². The van der Waals surface area contributed by atoms with Crippen molar-refractivity contribution < 1.29 is 33.3 Å². The molecule has 0 atom stereocenters. The molecule has 0 aliphatic rings. The van der Waals surface area contributed by atoms with Crippen LogP contribution in [0.4, 0.5) is 13.2 Å². The molecular weight excluding hydrogens is 397 g/mol. The molecule has 1 aromatic heterocycles. The van der Waals surface area contributed by atoms with Gasteiger partial charge in [0.25, 0.3) is 0 Å². The number of hydrogen-bond acceptors (Lipinski definition) is 1. The average Bonchev–Trinajstić information content (AvgIpc) is 2.69. The van der Waals surface area contributed by atoms with E-state index in [4.69, 9.17) is 0 Å². The fourth-order valence-electron chi connectivity index (χ4n) is 1.15. The molecule has 87 valence electrons. The van der Waals surface area contributed by atoms with Crippen LogP contribution in [0.1, 0.15) is 5.56 Å². The predicted octanol–water partition coefficient (Wildman–Crippen LogP) is 2.69. The van der Waals surface area contributed by atoms with Crippen LogP contribution in [0, 0.1) is 6.07 Å². The Morgan fingerprint density at radius 1 is 1.25 bits per heavy atom. The van der Waals surface area contributed by atoms with Gasteiger partial charge in [-0.25, -0.2) is 0 Å². The van der Waals surface area contributed by atoms with Gasteiger partial charge in [0.1, 0.15) is 0 Å². The number of nitrogens with zero attached hydrogens (tertiary/aromatic N) is 2. The Morgan fingerprint density at radius 2 is 2.00 bits per heavy atom. The van der Waals surface area contributed by atoms with Gasteiger partial charge >= 0.3 is 6.18 Å². The monoisotopic (exact) mass is 404 g/mol. The zero-order valence-corrected chi connectivity index (χ0v) is 10.2. The van der Waals surface area contributed by atoms with E-state index < -0.39 is 11.7 Å². The van der Waals surface area contributed by atoms with Crippen LogP contribution < -0.4 is 0 Å². The quantitative estimate of drug-likeness (QED) is 0.670. The molecule has 0 N–H and O–H groups in total. The molecule has 2 aromatic rings. The van der Waals surface area contributed by atoms with Crippen LogP contribution in [-0.4, -0.2) is 9.78 Å². The fraction of sp³-hybridized carbons (Fsp3) is 0.100. The molecule has 0 fully saturated rings. The van der Waals surface area contributed by atoms with E-state index in [0.29, 0.717) is 5.69 Å². The van der Waals surface area contributed by atoms with E-state index in [1.54, 1.807) is 18.5 Å². The van der Waals surface area contributed by atoms with E-state index in [2.05, 4.69) is 11.2 Å². The van der Waals surface area contributed by atoms with Crippen molar-refractivity contribution in [3.63, 3.8) is 0 Å². The van der Waals surface area contributed by atoms with Crippen LogP contribution >= 0.6 is 0 Å². The van der Waals surface area contributed by atoms with Gasteiger partial charge < -0.3 is 0 Å². The molecule has 0 saturated carbocycles. The summed E-state index contributed by atoms with van der Waals surface area (Å²) in [7, 11) is 0. The normalized spacial score (nSPS) is 10.9. The molecule has 2 rings (SSSR count). The van der Waals surface area contributed by atoms with Crippen molar-refractivity contribution in [3.05, 3.63) is 48.3 Å². The largest absolute Gasteiger partial charge is 0.370 e. The minimum absolute atomic E-state index is 0. The standard InChI is InChI=1S/C10H6F3N2.Ir/c11-10(12,13)8-2-4-9(5-3-8)15-7-1-6-14-15;/h1-4,6-7H;/q-1;. The first kappa shape index (κ1) is 12.9. The summed E-state index contributed by atoms with van der Waals surface area (Å²) in [5, 5.41) is 3.88. The maximum Gasteiger partial charge on any atom is 0.370 e. The summed E-state index contributed by atoms with van der Waals surface area (Å²) >= 11 is 0. The zero-order chi connectivity index (χ0) is 10.9. The number of halogens is 3. The SMILES string of the molecule is FC(F)(F)c1c[c-]c(-n2cccn2)cc1.[Ir]. The van der Waals surface area contributed by atoms with E-state index >= 15 is 0 Å². The molecule has 0 aliphatic carbocycles. The molecule has 6 heteroatoms. The van der Waals surface area contributed by atoms with Crippen molar-refractivity contribution in [1.29, 1.82) is 0 Å². The van der Waals surface area contributed by atoms with Crippen molar-refractivity contribution in [2.24, 2.45) is 0 Å². The maximum absolute atomic E-state index is 12.2. The fourth-order valence-corrected chi connectivity index (χ4v) is 1.15. The molecule has 16 heavy (non-hydrogen) atoms. The first-order chi connectivity index (χ1) is 7.07. The Labute approximate surface area is 103 Å². The van der Waals surface area contributed by atoms with Crippen LogP contribution in [0.25, 0.3) is 5.69 Å². The van der Waals surface area contributed by atoms with Gasteiger partial charge in [0.05, 0.1) is 0 Å². The summed E-state index contributed by atoms with van der Waals surface area (Å²) in [5.41, 5.74) is -0.230. The van der Waals surface area contributed by atoms with Gasteiger partial charge in [-0.3, -0.25) is 4.68 Å². The molecule has 0 aliphatic heterocycles. The van der Waals surface area contributed by atoms with E-state index in [9.17, 15) is 13.2 Å². The van der Waals surface area contributed by atoms with Gasteiger partial charge in [0, 0.05) is 32.5 Å². The zero-order valence-electron chi connectivity index (χ0n) is 7.83. The molecule has 0 bridgehead atoms. The first-order valence-corrected chi connectivity index (χ1v) is 4.16. The second-order valence-corrected chi connectivity index (χ2v) is 2.91. The summed E-state index contributed by atoms with van der Waals surface area (Å²) in [6.45, 7) is 0. The Kier molecular flexibility index (Phi) is 3.88. The van der Waals surface area contributed by atoms with Crippen LogP contribution in [0.2, 0.25) is 0 Å². The maximum atomic E-state index is 12.2. The summed E-state index contributed by atoms with van der Waals surface area (Å²) in [6, 6.07) is 7.46. The molecule has 0 amide bonds. The summed E-state index contributed by atoms with van der Waals surface area (Å²) in [6.07, 6.45) is -1.14. The molecular formula is C10H6F3IrN2-. The number of rotatable bonds is 1. The average molecular weight is 403 g/mol. The Bertz CT molecular complexity index is 434. The van der Waals surface area contributed by atoms with Crippen molar-refractivity contribution in [3.8, 4) is 5.69 Å². The molecule has 0 spiro atoms.